The summed E-state index contributed by atoms with van der Waals surface area (Å²) < 4.78 is 1.78. The van der Waals surface area contributed by atoms with E-state index in [2.05, 4.69) is 20.9 Å². The highest BCUT2D eigenvalue weighted by atomic mass is 79.9. The summed E-state index contributed by atoms with van der Waals surface area (Å²) in [6, 6.07) is 1.21. The number of aryl methyl sites for hydroxylation is 2. The molecule has 0 aliphatic rings. The Bertz CT molecular complexity index is 688. The van der Waals surface area contributed by atoms with Crippen molar-refractivity contribution in [3.8, 4) is 0 Å². The van der Waals surface area contributed by atoms with Gasteiger partial charge in [0.15, 0.2) is 0 Å². The van der Waals surface area contributed by atoms with Crippen molar-refractivity contribution >= 4 is 33.0 Å². The molecule has 2 aromatic heterocycles. The van der Waals surface area contributed by atoms with Crippen LogP contribution in [-0.4, -0.2) is 14.5 Å². The molecule has 0 fully saturated rings. The first-order chi connectivity index (χ1) is 8.88. The zero-order chi connectivity index (χ0) is 14.2. The standard InChI is InChI=1S/C11H10BrN3O3S/c1-6-7(2)19-10(13-6)5-14-4-8(12)3-9(11(14)16)15(17)18/h3-4H,5H2,1-2H3. The molecule has 2 aromatic rings. The quantitative estimate of drug-likeness (QED) is 0.633. The second-order valence-corrected chi connectivity index (χ2v) is 6.19. The molecule has 0 saturated carbocycles. The van der Waals surface area contributed by atoms with Gasteiger partial charge in [-0.3, -0.25) is 14.9 Å². The molecule has 0 atom stereocenters. The molecule has 2 rings (SSSR count). The van der Waals surface area contributed by atoms with E-state index in [9.17, 15) is 14.9 Å². The van der Waals surface area contributed by atoms with E-state index >= 15 is 0 Å². The summed E-state index contributed by atoms with van der Waals surface area (Å²) in [5, 5.41) is 11.5. The lowest BCUT2D eigenvalue weighted by Gasteiger charge is -2.03. The van der Waals surface area contributed by atoms with Gasteiger partial charge in [0, 0.05) is 21.6 Å². The Labute approximate surface area is 121 Å². The van der Waals surface area contributed by atoms with Crippen LogP contribution in [0.1, 0.15) is 15.6 Å². The van der Waals surface area contributed by atoms with Gasteiger partial charge in [0.05, 0.1) is 17.2 Å². The fourth-order valence-corrected chi connectivity index (χ4v) is 2.98. The number of nitrogens with zero attached hydrogens (tertiary/aromatic N) is 3. The Morgan fingerprint density at radius 1 is 1.53 bits per heavy atom. The van der Waals surface area contributed by atoms with E-state index in [1.165, 1.54) is 28.2 Å². The number of hydrogen-bond donors (Lipinski definition) is 0. The molecular formula is C11H10BrN3O3S. The third kappa shape index (κ3) is 2.90. The maximum atomic E-state index is 11.9. The monoisotopic (exact) mass is 343 g/mol. The Morgan fingerprint density at radius 3 is 2.74 bits per heavy atom. The second kappa shape index (κ2) is 5.22. The molecule has 0 aliphatic heterocycles. The highest BCUT2D eigenvalue weighted by molar-refractivity contribution is 9.10. The van der Waals surface area contributed by atoms with Crippen LogP contribution in [0.4, 0.5) is 5.69 Å². The van der Waals surface area contributed by atoms with Gasteiger partial charge in [-0.25, -0.2) is 4.98 Å². The average Bonchev–Trinajstić information content (AvgIpc) is 2.62. The molecule has 0 aliphatic carbocycles. The Hall–Kier alpha value is -1.54. The topological polar surface area (TPSA) is 78.0 Å². The van der Waals surface area contributed by atoms with Crippen LogP contribution >= 0.6 is 27.3 Å². The molecule has 8 heteroatoms. The van der Waals surface area contributed by atoms with Gasteiger partial charge < -0.3 is 4.57 Å². The zero-order valence-electron chi connectivity index (χ0n) is 10.2. The SMILES string of the molecule is Cc1nc(Cn2cc(Br)cc([N+](=O)[O-])c2=O)sc1C. The van der Waals surface area contributed by atoms with Crippen LogP contribution in [0.15, 0.2) is 21.5 Å². The Kier molecular flexibility index (Phi) is 3.81. The van der Waals surface area contributed by atoms with Crippen molar-refractivity contribution in [2.75, 3.05) is 0 Å². The van der Waals surface area contributed by atoms with E-state index in [1.807, 2.05) is 13.8 Å². The van der Waals surface area contributed by atoms with Crippen LogP contribution in [0.3, 0.4) is 0 Å². The summed E-state index contributed by atoms with van der Waals surface area (Å²) in [6.07, 6.45) is 1.53. The van der Waals surface area contributed by atoms with Gasteiger partial charge in [0.25, 0.3) is 0 Å². The number of nitro groups is 1. The third-order valence-electron chi connectivity index (χ3n) is 2.61. The number of aromatic nitrogens is 2. The van der Waals surface area contributed by atoms with Crippen molar-refractivity contribution in [2.45, 2.75) is 20.4 Å². The van der Waals surface area contributed by atoms with E-state index in [-0.39, 0.29) is 6.54 Å². The lowest BCUT2D eigenvalue weighted by atomic mass is 10.4. The van der Waals surface area contributed by atoms with Crippen molar-refractivity contribution < 1.29 is 4.92 Å². The molecule has 0 bridgehead atoms. The summed E-state index contributed by atoms with van der Waals surface area (Å²) in [6.45, 7) is 4.07. The first kappa shape index (κ1) is 13.9. The van der Waals surface area contributed by atoms with Crippen LogP contribution in [0, 0.1) is 24.0 Å². The minimum absolute atomic E-state index is 0.235. The molecule has 100 valence electrons. The lowest BCUT2D eigenvalue weighted by molar-refractivity contribution is -0.386. The predicted octanol–water partition coefficient (Wildman–Crippen LogP) is 2.64. The van der Waals surface area contributed by atoms with Crippen molar-refractivity contribution in [2.24, 2.45) is 0 Å². The molecule has 19 heavy (non-hydrogen) atoms. The summed E-state index contributed by atoms with van der Waals surface area (Å²) >= 11 is 4.65. The predicted molar refractivity (Wildman–Crippen MR) is 75.7 cm³/mol. The largest absolute Gasteiger partial charge is 0.335 e. The highest BCUT2D eigenvalue weighted by Gasteiger charge is 2.16. The van der Waals surface area contributed by atoms with Crippen LogP contribution in [-0.2, 0) is 6.54 Å². The molecule has 0 unspecified atom stereocenters. The van der Waals surface area contributed by atoms with Gasteiger partial charge in [0.1, 0.15) is 5.01 Å². The van der Waals surface area contributed by atoms with Gasteiger partial charge in [-0.1, -0.05) is 0 Å². The minimum Gasteiger partial charge on any atom is -0.302 e. The first-order valence-corrected chi connectivity index (χ1v) is 6.96. The van der Waals surface area contributed by atoms with Crippen molar-refractivity contribution in [1.82, 2.24) is 9.55 Å². The van der Waals surface area contributed by atoms with Gasteiger partial charge in [0.2, 0.25) is 0 Å². The number of hydrogen-bond acceptors (Lipinski definition) is 5. The summed E-state index contributed by atoms with van der Waals surface area (Å²) in [5.41, 5.74) is -0.157. The van der Waals surface area contributed by atoms with Crippen molar-refractivity contribution in [1.29, 1.82) is 0 Å². The molecular weight excluding hydrogens is 334 g/mol. The smallest absolute Gasteiger partial charge is 0.302 e. The van der Waals surface area contributed by atoms with Crippen molar-refractivity contribution in [3.63, 3.8) is 0 Å². The first-order valence-electron chi connectivity index (χ1n) is 5.35. The molecule has 6 nitrogen and oxygen atoms in total. The van der Waals surface area contributed by atoms with E-state index in [0.717, 1.165) is 15.6 Å². The van der Waals surface area contributed by atoms with Crippen LogP contribution in [0.2, 0.25) is 0 Å². The van der Waals surface area contributed by atoms with Crippen LogP contribution in [0.5, 0.6) is 0 Å². The molecule has 2 heterocycles. The molecule has 0 amide bonds. The summed E-state index contributed by atoms with van der Waals surface area (Å²) in [5.74, 6) is 0. The van der Waals surface area contributed by atoms with Gasteiger partial charge in [-0.15, -0.1) is 11.3 Å². The molecule has 0 saturated heterocycles. The van der Waals surface area contributed by atoms with E-state index in [0.29, 0.717) is 4.47 Å². The summed E-state index contributed by atoms with van der Waals surface area (Å²) in [7, 11) is 0. The number of rotatable bonds is 3. The van der Waals surface area contributed by atoms with Crippen molar-refractivity contribution in [3.05, 3.63) is 52.8 Å². The maximum Gasteiger partial charge on any atom is 0.335 e. The molecule has 0 N–H and O–H groups in total. The second-order valence-electron chi connectivity index (χ2n) is 3.98. The van der Waals surface area contributed by atoms with Gasteiger partial charge in [-0.2, -0.15) is 0 Å². The van der Waals surface area contributed by atoms with E-state index < -0.39 is 16.2 Å². The zero-order valence-corrected chi connectivity index (χ0v) is 12.6. The number of halogens is 1. The van der Waals surface area contributed by atoms with Crippen LogP contribution in [0.25, 0.3) is 0 Å². The molecule has 0 radical (unpaired) electrons. The normalized spacial score (nSPS) is 10.7. The van der Waals surface area contributed by atoms with Crippen LogP contribution < -0.4 is 5.56 Å². The highest BCUT2D eigenvalue weighted by Crippen LogP contribution is 2.19. The fraction of sp³-hybridized carbons (Fsp3) is 0.273. The number of pyridine rings is 1. The molecule has 0 spiro atoms. The Balaban J connectivity index is 2.45. The van der Waals surface area contributed by atoms with Gasteiger partial charge >= 0.3 is 11.2 Å². The fourth-order valence-electron chi connectivity index (χ4n) is 1.59. The number of thiazole rings is 1. The Morgan fingerprint density at radius 2 is 2.21 bits per heavy atom. The lowest BCUT2D eigenvalue weighted by Crippen LogP contribution is -2.22. The summed E-state index contributed by atoms with van der Waals surface area (Å²) in [4.78, 5) is 27.5. The maximum absolute atomic E-state index is 11.9. The molecule has 0 aromatic carbocycles. The third-order valence-corrected chi connectivity index (χ3v) is 4.10. The van der Waals surface area contributed by atoms with E-state index in [1.54, 1.807) is 0 Å². The minimum atomic E-state index is -0.679. The van der Waals surface area contributed by atoms with Gasteiger partial charge in [-0.05, 0) is 29.8 Å². The average molecular weight is 344 g/mol. The van der Waals surface area contributed by atoms with E-state index in [4.69, 9.17) is 0 Å².